The number of hydrogen-bond donors (Lipinski definition) is 1. The van der Waals surface area contributed by atoms with E-state index in [-0.39, 0.29) is 11.6 Å². The molecule has 2 amide bonds. The van der Waals surface area contributed by atoms with Crippen LogP contribution in [-0.4, -0.2) is 17.5 Å². The highest BCUT2D eigenvalue weighted by molar-refractivity contribution is 6.49. The molecule has 2 N–H and O–H groups in total. The molecular weight excluding hydrogens is 194 g/mol. The monoisotopic (exact) mass is 202 g/mol. The number of nitrogens with zero attached hydrogens (tertiary/aromatic N) is 2. The summed E-state index contributed by atoms with van der Waals surface area (Å²) in [5.41, 5.74) is 5.60. The highest BCUT2D eigenvalue weighted by Gasteiger charge is 2.28. The van der Waals surface area contributed by atoms with E-state index in [0.717, 1.165) is 11.4 Å². The zero-order chi connectivity index (χ0) is 10.8. The van der Waals surface area contributed by atoms with Crippen molar-refractivity contribution in [1.82, 2.24) is 0 Å². The highest BCUT2D eigenvalue weighted by Crippen LogP contribution is 2.18. The van der Waals surface area contributed by atoms with E-state index in [0.29, 0.717) is 5.69 Å². The maximum absolute atomic E-state index is 11.4. The van der Waals surface area contributed by atoms with Crippen LogP contribution in [0.3, 0.4) is 0 Å². The lowest BCUT2D eigenvalue weighted by Gasteiger charge is -2.10. The topological polar surface area (TPSA) is 75.8 Å². The largest absolute Gasteiger partial charge is 0.364 e. The highest BCUT2D eigenvalue weighted by atomic mass is 16.2. The Kier molecular flexibility index (Phi) is 2.21. The van der Waals surface area contributed by atoms with Crippen molar-refractivity contribution in [3.8, 4) is 0 Å². The molecule has 5 heteroatoms. The Morgan fingerprint density at radius 3 is 2.47 bits per heavy atom. The van der Waals surface area contributed by atoms with Gasteiger partial charge in [0.2, 0.25) is 0 Å². The van der Waals surface area contributed by atoms with Crippen LogP contribution in [0.2, 0.25) is 0 Å². The fraction of sp³-hybridized carbons (Fsp3) is 0. The fourth-order valence-electron chi connectivity index (χ4n) is 1.24. The zero-order valence-electron chi connectivity index (χ0n) is 7.75. The molecule has 2 rings (SSSR count). The first-order valence-electron chi connectivity index (χ1n) is 4.31. The first-order valence-corrected chi connectivity index (χ1v) is 4.31. The minimum absolute atomic E-state index is 0.0242. The second-order valence-electron chi connectivity index (χ2n) is 2.98. The van der Waals surface area contributed by atoms with Gasteiger partial charge in [-0.2, -0.15) is 10.1 Å². The van der Waals surface area contributed by atoms with Crippen LogP contribution in [0.1, 0.15) is 0 Å². The van der Waals surface area contributed by atoms with Crippen molar-refractivity contribution in [1.29, 1.82) is 0 Å². The number of anilines is 1. The van der Waals surface area contributed by atoms with Gasteiger partial charge in [-0.1, -0.05) is 18.2 Å². The average molecular weight is 202 g/mol. The Hall–Kier alpha value is -2.17. The van der Waals surface area contributed by atoms with E-state index in [1.54, 1.807) is 24.3 Å². The van der Waals surface area contributed by atoms with Crippen LogP contribution in [0.4, 0.5) is 5.69 Å². The normalized spacial score (nSPS) is 15.3. The number of rotatable bonds is 2. The molecule has 0 atom stereocenters. The van der Waals surface area contributed by atoms with Gasteiger partial charge in [-0.3, -0.25) is 9.59 Å². The van der Waals surface area contributed by atoms with Gasteiger partial charge in [0, 0.05) is 0 Å². The minimum Gasteiger partial charge on any atom is -0.364 e. The molecule has 1 aromatic carbocycles. The first kappa shape index (κ1) is 9.39. The molecule has 1 heterocycles. The van der Waals surface area contributed by atoms with Crippen LogP contribution < -0.4 is 10.7 Å². The molecule has 1 aliphatic heterocycles. The quantitative estimate of drug-likeness (QED) is 0.737. The maximum Gasteiger partial charge on any atom is 0.265 e. The Balaban J connectivity index is 2.32. The molecule has 1 aromatic rings. The first-order chi connectivity index (χ1) is 7.18. The van der Waals surface area contributed by atoms with Gasteiger partial charge >= 0.3 is 0 Å². The number of primary amides is 1. The number of nitrogens with two attached hydrogens (primary N) is 1. The van der Waals surface area contributed by atoms with Crippen molar-refractivity contribution in [2.45, 2.75) is 0 Å². The van der Waals surface area contributed by atoms with E-state index in [1.807, 2.05) is 6.07 Å². The van der Waals surface area contributed by atoms with Gasteiger partial charge in [0.05, 0.1) is 5.69 Å². The molecule has 15 heavy (non-hydrogen) atoms. The smallest absolute Gasteiger partial charge is 0.265 e. The summed E-state index contributed by atoms with van der Waals surface area (Å²) in [5, 5.41) is 4.95. The SMILES string of the molecule is NC(=O)C1=NN(c2ccccc2)C(=O)[CH]1. The van der Waals surface area contributed by atoms with E-state index in [2.05, 4.69) is 5.10 Å². The van der Waals surface area contributed by atoms with Crippen molar-refractivity contribution in [3.05, 3.63) is 36.8 Å². The summed E-state index contributed by atoms with van der Waals surface area (Å²) >= 11 is 0. The minimum atomic E-state index is -0.707. The summed E-state index contributed by atoms with van der Waals surface area (Å²) in [6.07, 6.45) is 1.12. The van der Waals surface area contributed by atoms with Crippen molar-refractivity contribution in [2.24, 2.45) is 10.8 Å². The Morgan fingerprint density at radius 1 is 1.27 bits per heavy atom. The lowest BCUT2D eigenvalue weighted by atomic mass is 10.2. The molecular formula is C10H8N3O2. The van der Waals surface area contributed by atoms with Crippen molar-refractivity contribution in [2.75, 3.05) is 5.01 Å². The fourth-order valence-corrected chi connectivity index (χ4v) is 1.24. The number of hydrogen-bond acceptors (Lipinski definition) is 3. The molecule has 0 aromatic heterocycles. The predicted molar refractivity (Wildman–Crippen MR) is 54.9 cm³/mol. The van der Waals surface area contributed by atoms with Gasteiger partial charge < -0.3 is 5.73 Å². The number of hydrazone groups is 1. The molecule has 0 saturated heterocycles. The van der Waals surface area contributed by atoms with Crippen LogP contribution in [0.5, 0.6) is 0 Å². The Bertz CT molecular complexity index is 439. The number of benzene rings is 1. The molecule has 0 fully saturated rings. The molecule has 0 bridgehead atoms. The molecule has 1 radical (unpaired) electrons. The van der Waals surface area contributed by atoms with Gasteiger partial charge in [-0.05, 0) is 12.1 Å². The third-order valence-electron chi connectivity index (χ3n) is 1.93. The van der Waals surface area contributed by atoms with Crippen LogP contribution in [-0.2, 0) is 9.59 Å². The van der Waals surface area contributed by atoms with Gasteiger partial charge in [0.15, 0.2) is 0 Å². The second-order valence-corrected chi connectivity index (χ2v) is 2.98. The Labute approximate surface area is 86.2 Å². The summed E-state index contributed by atoms with van der Waals surface area (Å²) in [5.74, 6) is -1.07. The summed E-state index contributed by atoms with van der Waals surface area (Å²) in [4.78, 5) is 22.2. The summed E-state index contributed by atoms with van der Waals surface area (Å²) in [6, 6.07) is 8.83. The molecule has 1 aliphatic rings. The maximum atomic E-state index is 11.4. The summed E-state index contributed by atoms with van der Waals surface area (Å²) in [6.45, 7) is 0. The van der Waals surface area contributed by atoms with Crippen molar-refractivity contribution in [3.63, 3.8) is 0 Å². The Morgan fingerprint density at radius 2 is 1.93 bits per heavy atom. The van der Waals surface area contributed by atoms with Crippen LogP contribution in [0.15, 0.2) is 35.4 Å². The number of carbonyl (C=O) groups excluding carboxylic acids is 2. The molecule has 75 valence electrons. The van der Waals surface area contributed by atoms with E-state index in [4.69, 9.17) is 5.73 Å². The number of amides is 2. The van der Waals surface area contributed by atoms with Gasteiger partial charge in [0.1, 0.15) is 12.1 Å². The van der Waals surface area contributed by atoms with Gasteiger partial charge in [0.25, 0.3) is 11.8 Å². The standard InChI is InChI=1S/C10H8N3O2/c11-10(15)8-6-9(14)13(12-8)7-4-2-1-3-5-7/h1-6H,(H2,11,15). The molecule has 0 saturated carbocycles. The van der Waals surface area contributed by atoms with Crippen molar-refractivity contribution < 1.29 is 9.59 Å². The summed E-state index contributed by atoms with van der Waals surface area (Å²) < 4.78 is 0. The average Bonchev–Trinajstić information content (AvgIpc) is 2.62. The van der Waals surface area contributed by atoms with Gasteiger partial charge in [-0.15, -0.1) is 0 Å². The zero-order valence-corrected chi connectivity index (χ0v) is 7.75. The predicted octanol–water partition coefficient (Wildman–Crippen LogP) is 0.0788. The van der Waals surface area contributed by atoms with E-state index in [9.17, 15) is 9.59 Å². The number of para-hydroxylation sites is 1. The second kappa shape index (κ2) is 3.53. The lowest BCUT2D eigenvalue weighted by molar-refractivity contribution is -0.115. The molecule has 0 spiro atoms. The molecule has 0 unspecified atom stereocenters. The van der Waals surface area contributed by atoms with E-state index < -0.39 is 5.91 Å². The van der Waals surface area contributed by atoms with Gasteiger partial charge in [-0.25, -0.2) is 0 Å². The van der Waals surface area contributed by atoms with Crippen molar-refractivity contribution >= 4 is 23.2 Å². The van der Waals surface area contributed by atoms with E-state index in [1.165, 1.54) is 0 Å². The molecule has 0 aliphatic carbocycles. The lowest BCUT2D eigenvalue weighted by Crippen LogP contribution is -2.23. The van der Waals surface area contributed by atoms with Crippen LogP contribution >= 0.6 is 0 Å². The van der Waals surface area contributed by atoms with E-state index >= 15 is 0 Å². The number of carbonyl (C=O) groups is 2. The third-order valence-corrected chi connectivity index (χ3v) is 1.93. The summed E-state index contributed by atoms with van der Waals surface area (Å²) in [7, 11) is 0. The van der Waals surface area contributed by atoms with Crippen LogP contribution in [0, 0.1) is 6.42 Å². The molecule has 5 nitrogen and oxygen atoms in total. The van der Waals surface area contributed by atoms with Crippen LogP contribution in [0.25, 0.3) is 0 Å². The third kappa shape index (κ3) is 1.71.